The van der Waals surface area contributed by atoms with E-state index in [1.807, 2.05) is 0 Å². The number of benzene rings is 1. The fraction of sp³-hybridized carbons (Fsp3) is 0.500. The van der Waals surface area contributed by atoms with Gasteiger partial charge in [-0.15, -0.1) is 0 Å². The molecular weight excluding hydrogens is 249 g/mol. The maximum atomic E-state index is 9.45. The zero-order valence-corrected chi connectivity index (χ0v) is 11.3. The van der Waals surface area contributed by atoms with Gasteiger partial charge in [-0.1, -0.05) is 0 Å². The van der Waals surface area contributed by atoms with E-state index in [4.69, 9.17) is 0 Å². The second-order valence-electron chi connectivity index (χ2n) is 4.22. The minimum absolute atomic E-state index is 0.0968. The molecule has 15 heavy (non-hydrogen) atoms. The van der Waals surface area contributed by atoms with Gasteiger partial charge in [-0.05, 0) is 0 Å². The van der Waals surface area contributed by atoms with Gasteiger partial charge in [-0.2, -0.15) is 0 Å². The Hall–Kier alpha value is -0.302. The third kappa shape index (κ3) is 3.07. The van der Waals surface area contributed by atoms with Crippen LogP contribution in [-0.4, -0.2) is 52.6 Å². The fourth-order valence-corrected chi connectivity index (χ4v) is 3.15. The van der Waals surface area contributed by atoms with Crippen LogP contribution < -0.4 is 0 Å². The molecule has 1 aliphatic heterocycles. The number of likely N-dealkylation sites (tertiary alicyclic amines) is 1. The van der Waals surface area contributed by atoms with Gasteiger partial charge in [0.2, 0.25) is 0 Å². The number of aliphatic hydroxyl groups is 1. The minimum atomic E-state index is -0.0968. The van der Waals surface area contributed by atoms with Crippen molar-refractivity contribution >= 4 is 16.9 Å². The van der Waals surface area contributed by atoms with Crippen molar-refractivity contribution in [2.45, 2.75) is 17.2 Å². The first kappa shape index (κ1) is 11.2. The van der Waals surface area contributed by atoms with E-state index in [1.54, 1.807) is 16.9 Å². The Balaban J connectivity index is 1.90. The van der Waals surface area contributed by atoms with E-state index >= 15 is 0 Å². The van der Waals surface area contributed by atoms with Crippen LogP contribution in [0.15, 0.2) is 30.3 Å². The predicted octanol–water partition coefficient (Wildman–Crippen LogP) is 0.427. The maximum absolute atomic E-state index is 9.45. The summed E-state index contributed by atoms with van der Waals surface area (Å²) in [7, 11) is 0. The molecule has 0 saturated carbocycles. The van der Waals surface area contributed by atoms with Crippen LogP contribution >= 0.6 is 0 Å². The van der Waals surface area contributed by atoms with Crippen LogP contribution in [-0.2, 0) is 0 Å². The average molecular weight is 267 g/mol. The van der Waals surface area contributed by atoms with E-state index in [-0.39, 0.29) is 6.10 Å². The van der Waals surface area contributed by atoms with Crippen molar-refractivity contribution in [1.82, 2.24) is 4.90 Å². The van der Waals surface area contributed by atoms with Gasteiger partial charge in [0.25, 0.3) is 0 Å². The van der Waals surface area contributed by atoms with Crippen molar-refractivity contribution in [2.75, 3.05) is 19.6 Å². The summed E-state index contributed by atoms with van der Waals surface area (Å²) in [4.78, 5) is 2.37. The molecule has 2 nitrogen and oxygen atoms in total. The van der Waals surface area contributed by atoms with Crippen molar-refractivity contribution in [3.8, 4) is 0 Å². The molecule has 0 amide bonds. The summed E-state index contributed by atoms with van der Waals surface area (Å²) in [5, 5.41) is 9.45. The number of hydrogen-bond acceptors (Lipinski definition) is 2. The van der Waals surface area contributed by atoms with E-state index in [9.17, 15) is 5.11 Å². The van der Waals surface area contributed by atoms with E-state index < -0.39 is 0 Å². The first-order valence-electron chi connectivity index (χ1n) is 5.46. The molecule has 1 aromatic carbocycles. The van der Waals surface area contributed by atoms with Crippen LogP contribution in [0.1, 0.15) is 16.7 Å². The van der Waals surface area contributed by atoms with Crippen LogP contribution in [0.3, 0.4) is 0 Å². The number of hydrogen-bond donors (Lipinski definition) is 1. The summed E-state index contributed by atoms with van der Waals surface area (Å²) in [6.07, 6.45) is 0.842. The SMILES string of the molecule is OC1CCN(C[C@@H]([AsH2])c2ccccc2)C1. The topological polar surface area (TPSA) is 23.5 Å². The number of aliphatic hydroxyl groups excluding tert-OH is 1. The van der Waals surface area contributed by atoms with E-state index in [2.05, 4.69) is 35.2 Å². The van der Waals surface area contributed by atoms with Gasteiger partial charge in [0.05, 0.1) is 0 Å². The molecule has 3 heteroatoms. The predicted molar refractivity (Wildman–Crippen MR) is 64.8 cm³/mol. The standard InChI is InChI=1S/C12H18AsNO/c13-12(10-4-2-1-3-5-10)9-14-7-6-11(15)8-14/h1-5,11-12,15H,6-9,13H2/t11?,12-/m1/s1. The zero-order chi connectivity index (χ0) is 10.7. The summed E-state index contributed by atoms with van der Waals surface area (Å²) >= 11 is 1.77. The molecule has 1 aliphatic rings. The van der Waals surface area contributed by atoms with Crippen molar-refractivity contribution in [1.29, 1.82) is 0 Å². The molecule has 1 saturated heterocycles. The molecule has 2 rings (SSSR count). The van der Waals surface area contributed by atoms with Crippen LogP contribution in [0.5, 0.6) is 0 Å². The van der Waals surface area contributed by atoms with Crippen molar-refractivity contribution in [3.05, 3.63) is 35.9 Å². The molecule has 0 radical (unpaired) electrons. The number of β-amino-alcohol motifs (C(OH)–C–C–N with tert-alkyl or cyclic N) is 1. The van der Waals surface area contributed by atoms with Gasteiger partial charge in [0.1, 0.15) is 0 Å². The van der Waals surface area contributed by atoms with E-state index in [1.165, 1.54) is 5.56 Å². The zero-order valence-electron chi connectivity index (χ0n) is 8.84. The van der Waals surface area contributed by atoms with Crippen LogP contribution in [0, 0.1) is 0 Å². The summed E-state index contributed by atoms with van der Waals surface area (Å²) in [5.74, 6) is 0. The molecule has 1 heterocycles. The second kappa shape index (κ2) is 5.16. The molecule has 1 aromatic rings. The van der Waals surface area contributed by atoms with Gasteiger partial charge in [-0.25, -0.2) is 0 Å². The normalized spacial score (nSPS) is 24.3. The third-order valence-corrected chi connectivity index (χ3v) is 4.18. The summed E-state index contributed by atoms with van der Waals surface area (Å²) < 4.78 is 0.615. The molecular formula is C12H18AsNO. The average Bonchev–Trinajstić information content (AvgIpc) is 2.65. The van der Waals surface area contributed by atoms with Crippen LogP contribution in [0.4, 0.5) is 0 Å². The van der Waals surface area contributed by atoms with E-state index in [0.29, 0.717) is 4.71 Å². The molecule has 0 bridgehead atoms. The fourth-order valence-electron chi connectivity index (χ4n) is 2.06. The van der Waals surface area contributed by atoms with Crippen molar-refractivity contribution < 1.29 is 5.11 Å². The Morgan fingerprint density at radius 3 is 2.73 bits per heavy atom. The molecule has 0 spiro atoms. The summed E-state index contributed by atoms with van der Waals surface area (Å²) in [5.41, 5.74) is 1.42. The molecule has 2 unspecified atom stereocenters. The van der Waals surface area contributed by atoms with Gasteiger partial charge in [0.15, 0.2) is 0 Å². The Morgan fingerprint density at radius 1 is 1.40 bits per heavy atom. The molecule has 82 valence electrons. The van der Waals surface area contributed by atoms with Gasteiger partial charge in [0, 0.05) is 0 Å². The Kier molecular flexibility index (Phi) is 3.85. The van der Waals surface area contributed by atoms with Gasteiger partial charge < -0.3 is 0 Å². The molecule has 1 fully saturated rings. The molecule has 0 aliphatic carbocycles. The monoisotopic (exact) mass is 267 g/mol. The number of rotatable bonds is 3. The van der Waals surface area contributed by atoms with Crippen LogP contribution in [0.2, 0.25) is 0 Å². The Bertz CT molecular complexity index is 304. The van der Waals surface area contributed by atoms with Crippen LogP contribution in [0.25, 0.3) is 0 Å². The number of nitrogens with zero attached hydrogens (tertiary/aromatic N) is 1. The summed E-state index contributed by atoms with van der Waals surface area (Å²) in [6, 6.07) is 10.6. The van der Waals surface area contributed by atoms with Gasteiger partial charge >= 0.3 is 99.6 Å². The third-order valence-electron chi connectivity index (χ3n) is 2.93. The van der Waals surface area contributed by atoms with Crippen molar-refractivity contribution in [3.63, 3.8) is 0 Å². The molecule has 0 aromatic heterocycles. The summed E-state index contributed by atoms with van der Waals surface area (Å²) in [6.45, 7) is 2.99. The Morgan fingerprint density at radius 2 is 2.13 bits per heavy atom. The first-order valence-corrected chi connectivity index (χ1v) is 6.86. The molecule has 1 N–H and O–H groups in total. The quantitative estimate of drug-likeness (QED) is 0.803. The first-order chi connectivity index (χ1) is 7.25. The Labute approximate surface area is 99.8 Å². The van der Waals surface area contributed by atoms with Crippen molar-refractivity contribution in [2.24, 2.45) is 0 Å². The second-order valence-corrected chi connectivity index (χ2v) is 5.91. The van der Waals surface area contributed by atoms with E-state index in [0.717, 1.165) is 26.1 Å². The van der Waals surface area contributed by atoms with Gasteiger partial charge in [-0.3, -0.25) is 0 Å². The molecule has 3 atom stereocenters.